The van der Waals surface area contributed by atoms with Crippen molar-refractivity contribution in [3.8, 4) is 0 Å². The van der Waals surface area contributed by atoms with Gasteiger partial charge in [0.1, 0.15) is 36.8 Å². The van der Waals surface area contributed by atoms with Crippen LogP contribution in [0, 0.1) is 11.8 Å². The number of guanidine groups is 2. The summed E-state index contributed by atoms with van der Waals surface area (Å²) in [6, 6.07) is -6.67. The van der Waals surface area contributed by atoms with E-state index >= 15 is 0 Å². The molecule has 296 valence electrons. The molecule has 21 heteroatoms. The molecule has 52 heavy (non-hydrogen) atoms. The van der Waals surface area contributed by atoms with Gasteiger partial charge in [0.05, 0.1) is 6.04 Å². The highest BCUT2D eigenvalue weighted by atomic mass is 16.4. The van der Waals surface area contributed by atoms with E-state index in [1.165, 1.54) is 13.8 Å². The Morgan fingerprint density at radius 3 is 1.44 bits per heavy atom. The smallest absolute Gasteiger partial charge is 0.322 e. The van der Waals surface area contributed by atoms with E-state index in [2.05, 4.69) is 41.9 Å². The minimum absolute atomic E-state index is 0.0313. The van der Waals surface area contributed by atoms with Crippen LogP contribution in [0.25, 0.3) is 0 Å². The molecule has 0 aromatic rings. The maximum Gasteiger partial charge on any atom is 0.322 e. The molecule has 0 aromatic carbocycles. The Labute approximate surface area is 303 Å². The summed E-state index contributed by atoms with van der Waals surface area (Å²) in [6.45, 7) is 9.44. The zero-order valence-electron chi connectivity index (χ0n) is 30.9. The average Bonchev–Trinajstić information content (AvgIpc) is 3.03. The summed E-state index contributed by atoms with van der Waals surface area (Å²) in [7, 11) is 0. The quantitative estimate of drug-likeness (QED) is 0.0254. The molecule has 0 bridgehead atoms. The highest BCUT2D eigenvalue weighted by molar-refractivity contribution is 5.96. The fourth-order valence-corrected chi connectivity index (χ4v) is 4.58. The Hall–Kier alpha value is -5.21. The SMILES string of the molecule is CC(C)C[C@H](N)C(=O)N[C@@H](CCCN=C(N)N)C(=O)N[C@@H](CCCN=C(N)N)C(=O)N[C@@H](C)C(=O)N[C@@H](C)C(=O)N[C@H](C(=O)NCC(=O)O)C(C)C. The summed E-state index contributed by atoms with van der Waals surface area (Å²) in [5.41, 5.74) is 27.6. The van der Waals surface area contributed by atoms with Crippen LogP contribution < -0.4 is 60.6 Å². The van der Waals surface area contributed by atoms with E-state index in [0.717, 1.165) is 0 Å². The normalized spacial score (nSPS) is 14.3. The van der Waals surface area contributed by atoms with Crippen LogP contribution in [0.4, 0.5) is 0 Å². The molecule has 0 aliphatic rings. The first kappa shape index (κ1) is 46.8. The lowest BCUT2D eigenvalue weighted by Gasteiger charge is -2.26. The number of nitrogens with two attached hydrogens (primary N) is 5. The van der Waals surface area contributed by atoms with Gasteiger partial charge in [-0.2, -0.15) is 0 Å². The lowest BCUT2D eigenvalue weighted by molar-refractivity contribution is -0.139. The molecule has 0 unspecified atom stereocenters. The van der Waals surface area contributed by atoms with Crippen LogP contribution in [0.5, 0.6) is 0 Å². The van der Waals surface area contributed by atoms with Crippen LogP contribution in [0.3, 0.4) is 0 Å². The van der Waals surface area contributed by atoms with E-state index in [1.54, 1.807) is 13.8 Å². The summed E-state index contributed by atoms with van der Waals surface area (Å²) >= 11 is 0. The second-order valence-corrected chi connectivity index (χ2v) is 13.1. The van der Waals surface area contributed by atoms with Gasteiger partial charge in [0.2, 0.25) is 35.4 Å². The monoisotopic (exact) mass is 741 g/mol. The zero-order chi connectivity index (χ0) is 40.1. The Morgan fingerprint density at radius 1 is 0.596 bits per heavy atom. The van der Waals surface area contributed by atoms with Gasteiger partial charge in [-0.15, -0.1) is 0 Å². The molecule has 17 N–H and O–H groups in total. The molecule has 0 saturated heterocycles. The number of nitrogens with one attached hydrogen (secondary N) is 6. The predicted molar refractivity (Wildman–Crippen MR) is 194 cm³/mol. The van der Waals surface area contributed by atoms with Crippen LogP contribution in [0.15, 0.2) is 9.98 Å². The molecule has 0 aliphatic carbocycles. The number of aliphatic carboxylic acids is 1. The van der Waals surface area contributed by atoms with Crippen LogP contribution in [-0.4, -0.2) is 114 Å². The number of rotatable bonds is 24. The molecular weight excluding hydrogens is 682 g/mol. The number of carboxylic acids is 1. The molecule has 0 radical (unpaired) electrons. The van der Waals surface area contributed by atoms with Crippen LogP contribution in [0.2, 0.25) is 0 Å². The number of carbonyl (C=O) groups is 7. The third-order valence-corrected chi connectivity index (χ3v) is 7.38. The third-order valence-electron chi connectivity index (χ3n) is 7.38. The topological polar surface area (TPSA) is 367 Å². The maximum absolute atomic E-state index is 13.5. The minimum Gasteiger partial charge on any atom is -0.480 e. The molecular formula is C31H59N13O8. The number of nitrogens with zero attached hydrogens (tertiary/aromatic N) is 2. The second kappa shape index (κ2) is 24.1. The molecule has 0 fully saturated rings. The lowest BCUT2D eigenvalue weighted by atomic mass is 10.0. The maximum atomic E-state index is 13.5. The highest BCUT2D eigenvalue weighted by Gasteiger charge is 2.31. The Balaban J connectivity index is 5.83. The summed E-state index contributed by atoms with van der Waals surface area (Å²) in [5, 5.41) is 23.7. The van der Waals surface area contributed by atoms with Gasteiger partial charge in [0.25, 0.3) is 0 Å². The van der Waals surface area contributed by atoms with Gasteiger partial charge in [0, 0.05) is 13.1 Å². The number of carbonyl (C=O) groups excluding carboxylic acids is 6. The van der Waals surface area contributed by atoms with Gasteiger partial charge in [-0.3, -0.25) is 43.5 Å². The van der Waals surface area contributed by atoms with E-state index in [1.807, 2.05) is 13.8 Å². The number of hydrogen-bond donors (Lipinski definition) is 12. The van der Waals surface area contributed by atoms with E-state index in [9.17, 15) is 33.6 Å². The van der Waals surface area contributed by atoms with Crippen molar-refractivity contribution in [1.82, 2.24) is 31.9 Å². The summed E-state index contributed by atoms with van der Waals surface area (Å²) < 4.78 is 0. The number of carboxylic acid groups (broad SMARTS) is 1. The summed E-state index contributed by atoms with van der Waals surface area (Å²) in [6.07, 6.45) is 1.04. The van der Waals surface area contributed by atoms with Gasteiger partial charge >= 0.3 is 5.97 Å². The number of hydrogen-bond acceptors (Lipinski definition) is 10. The van der Waals surface area contributed by atoms with Crippen molar-refractivity contribution >= 4 is 53.3 Å². The number of amides is 6. The van der Waals surface area contributed by atoms with Crippen molar-refractivity contribution in [2.45, 2.75) is 110 Å². The highest BCUT2D eigenvalue weighted by Crippen LogP contribution is 2.07. The molecule has 0 heterocycles. The first-order valence-electron chi connectivity index (χ1n) is 17.0. The summed E-state index contributed by atoms with van der Waals surface area (Å²) in [4.78, 5) is 96.6. The van der Waals surface area contributed by atoms with Gasteiger partial charge in [-0.25, -0.2) is 0 Å². The average molecular weight is 742 g/mol. The molecule has 6 atom stereocenters. The van der Waals surface area contributed by atoms with Crippen molar-refractivity contribution in [2.75, 3.05) is 19.6 Å². The van der Waals surface area contributed by atoms with Crippen molar-refractivity contribution in [2.24, 2.45) is 50.5 Å². The van der Waals surface area contributed by atoms with Crippen molar-refractivity contribution in [3.63, 3.8) is 0 Å². The van der Waals surface area contributed by atoms with Gasteiger partial charge < -0.3 is 65.7 Å². The van der Waals surface area contributed by atoms with Gasteiger partial charge in [-0.05, 0) is 57.8 Å². The molecule has 21 nitrogen and oxygen atoms in total. The van der Waals surface area contributed by atoms with Crippen LogP contribution >= 0.6 is 0 Å². The second-order valence-electron chi connectivity index (χ2n) is 13.1. The van der Waals surface area contributed by atoms with Crippen molar-refractivity contribution in [1.29, 1.82) is 0 Å². The number of aliphatic imine (C=N–C) groups is 2. The molecule has 0 saturated carbocycles. The minimum atomic E-state index is -1.26. The third kappa shape index (κ3) is 19.8. The van der Waals surface area contributed by atoms with E-state index < -0.39 is 90.1 Å². The first-order chi connectivity index (χ1) is 24.2. The standard InChI is InChI=1S/C31H59N13O8/c1-15(2)13-19(32)26(49)42-21(10-8-12-38-31(35)36)28(51)43-20(9-7-11-37-30(33)34)27(50)41-17(5)24(47)40-18(6)25(48)44-23(16(3)4)29(52)39-14-22(45)46/h15-21,23H,7-14,32H2,1-6H3,(H,39,52)(H,40,47)(H,41,50)(H,42,49)(H,43,51)(H,44,48)(H,45,46)(H4,33,34,37)(H4,35,36,38)/t17-,18-,19-,20-,21-,23-/m0/s1. The van der Waals surface area contributed by atoms with Gasteiger partial charge in [0.15, 0.2) is 11.9 Å². The largest absolute Gasteiger partial charge is 0.480 e. The fourth-order valence-electron chi connectivity index (χ4n) is 4.58. The molecule has 0 spiro atoms. The molecule has 6 amide bonds. The molecule has 0 rings (SSSR count). The Morgan fingerprint density at radius 2 is 1.02 bits per heavy atom. The Kier molecular flexibility index (Phi) is 21.6. The van der Waals surface area contributed by atoms with Crippen LogP contribution in [-0.2, 0) is 33.6 Å². The summed E-state index contributed by atoms with van der Waals surface area (Å²) in [5.74, 6) is -6.11. The van der Waals surface area contributed by atoms with Crippen molar-refractivity contribution in [3.05, 3.63) is 0 Å². The lowest BCUT2D eigenvalue weighted by Crippen LogP contribution is -2.59. The van der Waals surface area contributed by atoms with E-state index in [0.29, 0.717) is 12.8 Å². The van der Waals surface area contributed by atoms with Gasteiger partial charge in [-0.1, -0.05) is 27.7 Å². The van der Waals surface area contributed by atoms with E-state index in [-0.39, 0.29) is 50.2 Å². The zero-order valence-corrected chi connectivity index (χ0v) is 30.9. The van der Waals surface area contributed by atoms with Crippen LogP contribution in [0.1, 0.15) is 73.6 Å². The fraction of sp³-hybridized carbons (Fsp3) is 0.710. The van der Waals surface area contributed by atoms with E-state index in [4.69, 9.17) is 33.8 Å². The molecule has 0 aromatic heterocycles. The predicted octanol–water partition coefficient (Wildman–Crippen LogP) is -4.21. The van der Waals surface area contributed by atoms with Crippen molar-refractivity contribution < 1.29 is 38.7 Å². The molecule has 0 aliphatic heterocycles. The Bertz CT molecular complexity index is 1280. The first-order valence-corrected chi connectivity index (χ1v) is 17.0.